The summed E-state index contributed by atoms with van der Waals surface area (Å²) in [5, 5.41) is 0.770. The maximum atomic E-state index is 6.26. The van der Waals surface area contributed by atoms with Crippen molar-refractivity contribution in [1.82, 2.24) is 0 Å². The predicted octanol–water partition coefficient (Wildman–Crippen LogP) is 4.80. The van der Waals surface area contributed by atoms with E-state index >= 15 is 0 Å². The number of halogens is 1. The fourth-order valence-corrected chi connectivity index (χ4v) is 5.39. The zero-order chi connectivity index (χ0) is 13.9. The SMILES string of the molecule is CC[Si](CC)(CC)OC[C@@H]1O[C@H]1c1cccc(Cl)c1. The van der Waals surface area contributed by atoms with Crippen LogP contribution in [0.1, 0.15) is 32.4 Å². The molecule has 1 aromatic rings. The van der Waals surface area contributed by atoms with E-state index in [-0.39, 0.29) is 12.2 Å². The van der Waals surface area contributed by atoms with Crippen LogP contribution in [-0.2, 0) is 9.16 Å². The standard InChI is InChI=1S/C15H23ClO2Si/c1-4-19(5-2,6-3)17-11-14-15(18-14)12-8-7-9-13(16)10-12/h7-10,14-15H,4-6,11H2,1-3H3/t14-,15-/m0/s1. The molecule has 0 bridgehead atoms. The molecular formula is C15H23ClO2Si. The third kappa shape index (κ3) is 3.60. The lowest BCUT2D eigenvalue weighted by Gasteiger charge is -2.27. The van der Waals surface area contributed by atoms with Gasteiger partial charge in [-0.15, -0.1) is 0 Å². The van der Waals surface area contributed by atoms with Gasteiger partial charge in [-0.25, -0.2) is 0 Å². The second-order valence-corrected chi connectivity index (χ2v) is 10.4. The van der Waals surface area contributed by atoms with E-state index in [0.29, 0.717) is 0 Å². The van der Waals surface area contributed by atoms with Crippen molar-refractivity contribution in [2.24, 2.45) is 0 Å². The molecule has 1 aliphatic rings. The highest BCUT2D eigenvalue weighted by molar-refractivity contribution is 6.73. The van der Waals surface area contributed by atoms with Crippen molar-refractivity contribution in [2.45, 2.75) is 51.1 Å². The first-order valence-corrected chi connectivity index (χ1v) is 10.1. The number of benzene rings is 1. The quantitative estimate of drug-likeness (QED) is 0.533. The third-order valence-electron chi connectivity index (χ3n) is 4.25. The Morgan fingerprint density at radius 2 is 1.89 bits per heavy atom. The first-order valence-electron chi connectivity index (χ1n) is 7.19. The Balaban J connectivity index is 1.87. The van der Waals surface area contributed by atoms with Crippen LogP contribution in [0.4, 0.5) is 0 Å². The van der Waals surface area contributed by atoms with Crippen LogP contribution in [0.25, 0.3) is 0 Å². The molecule has 0 amide bonds. The first kappa shape index (κ1) is 15.0. The van der Waals surface area contributed by atoms with Gasteiger partial charge in [0.15, 0.2) is 8.32 Å². The summed E-state index contributed by atoms with van der Waals surface area (Å²) >= 11 is 6.00. The largest absolute Gasteiger partial charge is 0.414 e. The van der Waals surface area contributed by atoms with E-state index in [9.17, 15) is 0 Å². The Labute approximate surface area is 122 Å². The van der Waals surface area contributed by atoms with E-state index in [4.69, 9.17) is 20.8 Å². The zero-order valence-electron chi connectivity index (χ0n) is 12.0. The molecule has 4 heteroatoms. The van der Waals surface area contributed by atoms with Crippen molar-refractivity contribution < 1.29 is 9.16 Å². The highest BCUT2D eigenvalue weighted by atomic mass is 35.5. The van der Waals surface area contributed by atoms with Crippen LogP contribution in [0.5, 0.6) is 0 Å². The predicted molar refractivity (Wildman–Crippen MR) is 82.2 cm³/mol. The van der Waals surface area contributed by atoms with Crippen molar-refractivity contribution in [3.8, 4) is 0 Å². The number of hydrogen-bond donors (Lipinski definition) is 0. The molecule has 2 rings (SSSR count). The van der Waals surface area contributed by atoms with Crippen LogP contribution in [0.2, 0.25) is 23.2 Å². The van der Waals surface area contributed by atoms with E-state index in [1.54, 1.807) is 0 Å². The van der Waals surface area contributed by atoms with Crippen LogP contribution < -0.4 is 0 Å². The molecule has 0 unspecified atom stereocenters. The molecule has 2 nitrogen and oxygen atoms in total. The van der Waals surface area contributed by atoms with E-state index in [1.807, 2.05) is 18.2 Å². The summed E-state index contributed by atoms with van der Waals surface area (Å²) in [5.74, 6) is 0. The maximum Gasteiger partial charge on any atom is 0.192 e. The van der Waals surface area contributed by atoms with Crippen LogP contribution in [0.15, 0.2) is 24.3 Å². The maximum absolute atomic E-state index is 6.26. The minimum Gasteiger partial charge on any atom is -0.414 e. The molecule has 0 N–H and O–H groups in total. The van der Waals surface area contributed by atoms with Crippen molar-refractivity contribution in [3.05, 3.63) is 34.9 Å². The van der Waals surface area contributed by atoms with Crippen molar-refractivity contribution in [2.75, 3.05) is 6.61 Å². The summed E-state index contributed by atoms with van der Waals surface area (Å²) in [6, 6.07) is 11.5. The lowest BCUT2D eigenvalue weighted by molar-refractivity contribution is 0.248. The van der Waals surface area contributed by atoms with Crippen molar-refractivity contribution >= 4 is 19.9 Å². The van der Waals surface area contributed by atoms with Gasteiger partial charge in [0.25, 0.3) is 0 Å². The lowest BCUT2D eigenvalue weighted by atomic mass is 10.1. The van der Waals surface area contributed by atoms with E-state index < -0.39 is 8.32 Å². The van der Waals surface area contributed by atoms with Crippen LogP contribution in [0, 0.1) is 0 Å². The summed E-state index contributed by atoms with van der Waals surface area (Å²) in [4.78, 5) is 0. The summed E-state index contributed by atoms with van der Waals surface area (Å²) < 4.78 is 12.0. The van der Waals surface area contributed by atoms with Crippen molar-refractivity contribution in [1.29, 1.82) is 0 Å². The second kappa shape index (κ2) is 6.40. The fourth-order valence-electron chi connectivity index (χ4n) is 2.56. The smallest absolute Gasteiger partial charge is 0.192 e. The van der Waals surface area contributed by atoms with Gasteiger partial charge < -0.3 is 9.16 Å². The minimum atomic E-state index is -1.49. The highest BCUT2D eigenvalue weighted by Crippen LogP contribution is 2.40. The molecule has 106 valence electrons. The number of ether oxygens (including phenoxy) is 1. The molecule has 0 aliphatic carbocycles. The Morgan fingerprint density at radius 3 is 2.47 bits per heavy atom. The molecule has 0 spiro atoms. The van der Waals surface area contributed by atoms with Gasteiger partial charge in [0.05, 0.1) is 6.61 Å². The monoisotopic (exact) mass is 298 g/mol. The molecule has 1 fully saturated rings. The Hall–Kier alpha value is -0.353. The zero-order valence-corrected chi connectivity index (χ0v) is 13.7. The Bertz CT molecular complexity index is 412. The number of rotatable bonds is 7. The summed E-state index contributed by atoms with van der Waals surface area (Å²) in [6.45, 7) is 7.49. The molecule has 1 saturated heterocycles. The molecule has 1 heterocycles. The molecule has 19 heavy (non-hydrogen) atoms. The van der Waals surface area contributed by atoms with Gasteiger partial charge in [0.2, 0.25) is 0 Å². The van der Waals surface area contributed by atoms with E-state index in [0.717, 1.165) is 17.2 Å². The van der Waals surface area contributed by atoms with Gasteiger partial charge in [0.1, 0.15) is 12.2 Å². The minimum absolute atomic E-state index is 0.177. The van der Waals surface area contributed by atoms with Gasteiger partial charge >= 0.3 is 0 Å². The van der Waals surface area contributed by atoms with E-state index in [2.05, 4.69) is 26.8 Å². The average Bonchev–Trinajstić information content (AvgIpc) is 3.21. The van der Waals surface area contributed by atoms with Crippen LogP contribution in [-0.4, -0.2) is 21.0 Å². The topological polar surface area (TPSA) is 21.8 Å². The van der Waals surface area contributed by atoms with E-state index in [1.165, 1.54) is 18.1 Å². The third-order valence-corrected chi connectivity index (χ3v) is 9.13. The molecule has 0 radical (unpaired) electrons. The number of hydrogen-bond acceptors (Lipinski definition) is 2. The molecule has 1 aromatic carbocycles. The average molecular weight is 299 g/mol. The molecule has 1 aliphatic heterocycles. The first-order chi connectivity index (χ1) is 9.14. The number of epoxide rings is 1. The van der Waals surface area contributed by atoms with Gasteiger partial charge in [-0.05, 0) is 35.8 Å². The van der Waals surface area contributed by atoms with Gasteiger partial charge in [0, 0.05) is 5.02 Å². The normalized spacial score (nSPS) is 22.5. The molecule has 0 saturated carbocycles. The summed E-state index contributed by atoms with van der Waals surface area (Å²) in [6.07, 6.45) is 0.394. The molecular weight excluding hydrogens is 276 g/mol. The van der Waals surface area contributed by atoms with Crippen LogP contribution in [0.3, 0.4) is 0 Å². The van der Waals surface area contributed by atoms with Gasteiger partial charge in [-0.2, -0.15) is 0 Å². The lowest BCUT2D eigenvalue weighted by Crippen LogP contribution is -2.37. The summed E-state index contributed by atoms with van der Waals surface area (Å²) in [5.41, 5.74) is 1.16. The summed E-state index contributed by atoms with van der Waals surface area (Å²) in [7, 11) is -1.49. The van der Waals surface area contributed by atoms with Crippen LogP contribution >= 0.6 is 11.6 Å². The Kier molecular flexibility index (Phi) is 5.07. The van der Waals surface area contributed by atoms with Gasteiger partial charge in [-0.3, -0.25) is 0 Å². The van der Waals surface area contributed by atoms with Crippen molar-refractivity contribution in [3.63, 3.8) is 0 Å². The molecule has 2 atom stereocenters. The highest BCUT2D eigenvalue weighted by Gasteiger charge is 2.42. The molecule has 0 aromatic heterocycles. The van der Waals surface area contributed by atoms with Gasteiger partial charge in [-0.1, -0.05) is 44.5 Å². The Morgan fingerprint density at radius 1 is 1.21 bits per heavy atom. The fraction of sp³-hybridized carbons (Fsp3) is 0.600. The second-order valence-electron chi connectivity index (χ2n) is 5.20.